The first kappa shape index (κ1) is 15.3. The van der Waals surface area contributed by atoms with E-state index < -0.39 is 14.9 Å². The molecule has 2 rings (SSSR count). The van der Waals surface area contributed by atoms with Gasteiger partial charge in [0.05, 0.1) is 15.5 Å². The van der Waals surface area contributed by atoms with Crippen LogP contribution in [0.25, 0.3) is 0 Å². The van der Waals surface area contributed by atoms with Gasteiger partial charge in [0.2, 0.25) is 0 Å². The Balaban J connectivity index is 2.40. The van der Waals surface area contributed by atoms with E-state index in [0.29, 0.717) is 10.6 Å². The molecule has 0 aliphatic rings. The average Bonchev–Trinajstić information content (AvgIpc) is 2.41. The summed E-state index contributed by atoms with van der Waals surface area (Å²) >= 11 is 5.91. The lowest BCUT2D eigenvalue weighted by atomic mass is 10.2. The van der Waals surface area contributed by atoms with E-state index in [0.717, 1.165) is 6.07 Å². The lowest BCUT2D eigenvalue weighted by molar-refractivity contribution is -0.384. The van der Waals surface area contributed by atoms with Crippen molar-refractivity contribution in [2.24, 2.45) is 0 Å². The van der Waals surface area contributed by atoms with Gasteiger partial charge in [-0.2, -0.15) is 0 Å². The van der Waals surface area contributed by atoms with Crippen LogP contribution in [0.4, 0.5) is 11.4 Å². The zero-order valence-corrected chi connectivity index (χ0v) is 12.5. The van der Waals surface area contributed by atoms with Crippen molar-refractivity contribution in [2.75, 3.05) is 4.72 Å². The Morgan fingerprint density at radius 3 is 2.52 bits per heavy atom. The highest BCUT2D eigenvalue weighted by atomic mass is 35.5. The molecule has 0 saturated heterocycles. The molecule has 0 heterocycles. The van der Waals surface area contributed by atoms with Crippen molar-refractivity contribution in [3.05, 3.63) is 63.2 Å². The van der Waals surface area contributed by atoms with Crippen molar-refractivity contribution >= 4 is 33.0 Å². The lowest BCUT2D eigenvalue weighted by Gasteiger charge is -2.11. The number of benzene rings is 2. The highest BCUT2D eigenvalue weighted by Crippen LogP contribution is 2.25. The van der Waals surface area contributed by atoms with Crippen molar-refractivity contribution in [3.8, 4) is 0 Å². The van der Waals surface area contributed by atoms with Crippen LogP contribution in [0.5, 0.6) is 0 Å². The molecule has 21 heavy (non-hydrogen) atoms. The summed E-state index contributed by atoms with van der Waals surface area (Å²) in [6, 6.07) is 9.80. The summed E-state index contributed by atoms with van der Waals surface area (Å²) in [6.07, 6.45) is 0. The number of nitro benzene ring substituents is 1. The van der Waals surface area contributed by atoms with Crippen molar-refractivity contribution in [2.45, 2.75) is 11.8 Å². The van der Waals surface area contributed by atoms with Crippen molar-refractivity contribution in [1.82, 2.24) is 0 Å². The molecule has 0 radical (unpaired) electrons. The molecule has 0 aromatic heterocycles. The van der Waals surface area contributed by atoms with Crippen LogP contribution in [0.1, 0.15) is 5.56 Å². The molecule has 2 aromatic rings. The molecule has 0 bridgehead atoms. The van der Waals surface area contributed by atoms with Gasteiger partial charge in [0.25, 0.3) is 15.7 Å². The van der Waals surface area contributed by atoms with E-state index in [2.05, 4.69) is 4.72 Å². The van der Waals surface area contributed by atoms with Gasteiger partial charge in [0.1, 0.15) is 0 Å². The summed E-state index contributed by atoms with van der Waals surface area (Å²) in [5.74, 6) is 0. The van der Waals surface area contributed by atoms with Crippen molar-refractivity contribution in [3.63, 3.8) is 0 Å². The smallest absolute Gasteiger partial charge is 0.271 e. The maximum Gasteiger partial charge on any atom is 0.271 e. The van der Waals surface area contributed by atoms with E-state index in [4.69, 9.17) is 11.6 Å². The first-order valence-electron chi connectivity index (χ1n) is 5.83. The second-order valence-corrected chi connectivity index (χ2v) is 6.33. The van der Waals surface area contributed by atoms with Gasteiger partial charge in [-0.1, -0.05) is 23.7 Å². The van der Waals surface area contributed by atoms with Crippen LogP contribution in [0.15, 0.2) is 47.4 Å². The molecule has 1 N–H and O–H groups in total. The third-order valence-electron chi connectivity index (χ3n) is 2.82. The number of nitro groups is 1. The summed E-state index contributed by atoms with van der Waals surface area (Å²) in [5.41, 5.74) is 0.332. The third-order valence-corrected chi connectivity index (χ3v) is 4.75. The van der Waals surface area contributed by atoms with Gasteiger partial charge in [0.15, 0.2) is 0 Å². The quantitative estimate of drug-likeness (QED) is 0.689. The molecule has 0 atom stereocenters. The molecular formula is C13H11ClN2O4S. The summed E-state index contributed by atoms with van der Waals surface area (Å²) in [4.78, 5) is 10.1. The van der Waals surface area contributed by atoms with Gasteiger partial charge in [-0.05, 0) is 30.7 Å². The Morgan fingerprint density at radius 1 is 1.19 bits per heavy atom. The van der Waals surface area contributed by atoms with Crippen LogP contribution in [0, 0.1) is 17.0 Å². The number of sulfonamides is 1. The summed E-state index contributed by atoms with van der Waals surface area (Å²) in [7, 11) is -3.87. The highest BCUT2D eigenvalue weighted by Gasteiger charge is 2.19. The number of halogens is 1. The predicted octanol–water partition coefficient (Wildman–Crippen LogP) is 3.36. The Morgan fingerprint density at radius 2 is 1.86 bits per heavy atom. The fourth-order valence-corrected chi connectivity index (χ4v) is 3.32. The first-order chi connectivity index (χ1) is 9.81. The number of rotatable bonds is 4. The van der Waals surface area contributed by atoms with Crippen molar-refractivity contribution in [1.29, 1.82) is 0 Å². The maximum atomic E-state index is 12.3. The van der Waals surface area contributed by atoms with Gasteiger partial charge in [-0.15, -0.1) is 0 Å². The number of nitrogens with zero attached hydrogens (tertiary/aromatic N) is 1. The van der Waals surface area contributed by atoms with Crippen LogP contribution in [0.2, 0.25) is 5.02 Å². The SMILES string of the molecule is Cc1c(Cl)cccc1S(=O)(=O)Nc1cccc([N+](=O)[O-])c1. The number of hydrogen-bond donors (Lipinski definition) is 1. The summed E-state index contributed by atoms with van der Waals surface area (Å²) in [6.45, 7) is 1.59. The van der Waals surface area contributed by atoms with E-state index >= 15 is 0 Å². The summed E-state index contributed by atoms with van der Waals surface area (Å²) < 4.78 is 26.9. The van der Waals surface area contributed by atoms with Crippen LogP contribution < -0.4 is 4.72 Å². The first-order valence-corrected chi connectivity index (χ1v) is 7.70. The minimum atomic E-state index is -3.87. The molecule has 0 amide bonds. The molecule has 0 spiro atoms. The van der Waals surface area contributed by atoms with Crippen LogP contribution in [-0.2, 0) is 10.0 Å². The van der Waals surface area contributed by atoms with E-state index in [-0.39, 0.29) is 16.3 Å². The van der Waals surface area contributed by atoms with Crippen LogP contribution in [-0.4, -0.2) is 13.3 Å². The van der Waals surface area contributed by atoms with Crippen LogP contribution in [0.3, 0.4) is 0 Å². The van der Waals surface area contributed by atoms with E-state index in [9.17, 15) is 18.5 Å². The number of nitrogens with one attached hydrogen (secondary N) is 1. The van der Waals surface area contributed by atoms with Gasteiger partial charge in [0, 0.05) is 17.2 Å². The lowest BCUT2D eigenvalue weighted by Crippen LogP contribution is -2.14. The van der Waals surface area contributed by atoms with E-state index in [1.165, 1.54) is 30.3 Å². The normalized spacial score (nSPS) is 11.1. The molecule has 0 unspecified atom stereocenters. The molecule has 6 nitrogen and oxygen atoms in total. The molecule has 0 saturated carbocycles. The maximum absolute atomic E-state index is 12.3. The molecule has 8 heteroatoms. The zero-order valence-electron chi connectivity index (χ0n) is 10.9. The highest BCUT2D eigenvalue weighted by molar-refractivity contribution is 7.92. The monoisotopic (exact) mass is 326 g/mol. The second kappa shape index (κ2) is 5.71. The Kier molecular flexibility index (Phi) is 4.15. The van der Waals surface area contributed by atoms with Crippen molar-refractivity contribution < 1.29 is 13.3 Å². The van der Waals surface area contributed by atoms with Gasteiger partial charge >= 0.3 is 0 Å². The minimum Gasteiger partial charge on any atom is -0.279 e. The topological polar surface area (TPSA) is 89.3 Å². The number of hydrogen-bond acceptors (Lipinski definition) is 4. The largest absolute Gasteiger partial charge is 0.279 e. The molecular weight excluding hydrogens is 316 g/mol. The van der Waals surface area contributed by atoms with E-state index in [1.54, 1.807) is 13.0 Å². The fourth-order valence-electron chi connectivity index (χ4n) is 1.77. The Labute approximate surface area is 126 Å². The molecule has 2 aromatic carbocycles. The third kappa shape index (κ3) is 3.32. The number of non-ortho nitro benzene ring substituents is 1. The standard InChI is InChI=1S/C13H11ClN2O4S/c1-9-12(14)6-3-7-13(9)21(19,20)15-10-4-2-5-11(8-10)16(17)18/h2-8,15H,1H3. The van der Waals surface area contributed by atoms with Gasteiger partial charge < -0.3 is 0 Å². The fraction of sp³-hybridized carbons (Fsp3) is 0.0769. The predicted molar refractivity (Wildman–Crippen MR) is 80.1 cm³/mol. The Hall–Kier alpha value is -2.12. The zero-order chi connectivity index (χ0) is 15.6. The van der Waals surface area contributed by atoms with E-state index in [1.807, 2.05) is 0 Å². The second-order valence-electron chi connectivity index (χ2n) is 4.28. The van der Waals surface area contributed by atoms with Crippen LogP contribution >= 0.6 is 11.6 Å². The Bertz CT molecular complexity index is 806. The summed E-state index contributed by atoms with van der Waals surface area (Å²) in [5, 5.41) is 11.0. The van der Waals surface area contributed by atoms with Gasteiger partial charge in [-0.25, -0.2) is 8.42 Å². The molecule has 0 aliphatic heterocycles. The molecule has 0 fully saturated rings. The minimum absolute atomic E-state index is 0.0292. The number of anilines is 1. The molecule has 110 valence electrons. The molecule has 0 aliphatic carbocycles. The van der Waals surface area contributed by atoms with Gasteiger partial charge in [-0.3, -0.25) is 14.8 Å². The average molecular weight is 327 g/mol.